The fourth-order valence-corrected chi connectivity index (χ4v) is 3.62. The van der Waals surface area contributed by atoms with Crippen molar-refractivity contribution in [1.82, 2.24) is 10.2 Å². The number of carbonyl (C=O) groups is 2. The van der Waals surface area contributed by atoms with E-state index in [1.807, 2.05) is 4.90 Å². The molecular weight excluding hydrogens is 266 g/mol. The van der Waals surface area contributed by atoms with Gasteiger partial charge >= 0.3 is 0 Å². The summed E-state index contributed by atoms with van der Waals surface area (Å²) in [7, 11) is 0. The maximum absolute atomic E-state index is 12.3. The molecule has 5 heteroatoms. The molecule has 2 amide bonds. The molecule has 2 unspecified atom stereocenters. The van der Waals surface area contributed by atoms with E-state index in [9.17, 15) is 9.59 Å². The van der Waals surface area contributed by atoms with Crippen LogP contribution < -0.4 is 11.1 Å². The van der Waals surface area contributed by atoms with Gasteiger partial charge in [0.15, 0.2) is 0 Å². The molecule has 3 aliphatic rings. The molecular formula is C16H27N3O2. The third kappa shape index (κ3) is 3.76. The third-order valence-electron chi connectivity index (χ3n) is 5.17. The van der Waals surface area contributed by atoms with E-state index in [0.29, 0.717) is 11.8 Å². The fraction of sp³-hybridized carbons (Fsp3) is 0.875. The first kappa shape index (κ1) is 14.8. The Morgan fingerprint density at radius 2 is 1.67 bits per heavy atom. The fourth-order valence-electron chi connectivity index (χ4n) is 3.62. The lowest BCUT2D eigenvalue weighted by atomic mass is 9.85. The molecule has 3 fully saturated rings. The number of hydrogen-bond acceptors (Lipinski definition) is 3. The molecule has 21 heavy (non-hydrogen) atoms. The first-order chi connectivity index (χ1) is 10.1. The van der Waals surface area contributed by atoms with E-state index in [0.717, 1.165) is 64.5 Å². The topological polar surface area (TPSA) is 75.4 Å². The van der Waals surface area contributed by atoms with E-state index in [1.54, 1.807) is 0 Å². The number of piperidine rings is 1. The van der Waals surface area contributed by atoms with Crippen LogP contribution in [0.5, 0.6) is 0 Å². The minimum atomic E-state index is 0.0971. The zero-order valence-corrected chi connectivity index (χ0v) is 12.7. The summed E-state index contributed by atoms with van der Waals surface area (Å²) in [5.74, 6) is 0.912. The summed E-state index contributed by atoms with van der Waals surface area (Å²) in [5, 5.41) is 3.18. The summed E-state index contributed by atoms with van der Waals surface area (Å²) in [6, 6.07) is 0.423. The minimum absolute atomic E-state index is 0.0971. The van der Waals surface area contributed by atoms with Crippen LogP contribution in [0.2, 0.25) is 0 Å². The minimum Gasteiger partial charge on any atom is -0.353 e. The molecule has 0 spiro atoms. The Hall–Kier alpha value is -1.10. The van der Waals surface area contributed by atoms with Crippen LogP contribution in [0, 0.1) is 11.8 Å². The second-order valence-electron chi connectivity index (χ2n) is 7.01. The molecule has 0 bridgehead atoms. The molecule has 5 nitrogen and oxygen atoms in total. The van der Waals surface area contributed by atoms with Crippen LogP contribution in [0.15, 0.2) is 0 Å². The maximum atomic E-state index is 12.3. The second-order valence-corrected chi connectivity index (χ2v) is 7.01. The number of nitrogens with one attached hydrogen (secondary N) is 1. The van der Waals surface area contributed by atoms with Gasteiger partial charge in [-0.1, -0.05) is 6.42 Å². The number of rotatable bonds is 3. The van der Waals surface area contributed by atoms with Crippen molar-refractivity contribution in [3.05, 3.63) is 0 Å². The van der Waals surface area contributed by atoms with E-state index in [2.05, 4.69) is 5.32 Å². The Balaban J connectivity index is 1.42. The van der Waals surface area contributed by atoms with E-state index >= 15 is 0 Å². The van der Waals surface area contributed by atoms with E-state index in [1.165, 1.54) is 0 Å². The van der Waals surface area contributed by atoms with E-state index in [-0.39, 0.29) is 23.9 Å². The SMILES string of the molecule is NC1CCCC(C(=O)NC2CCN(C(=O)C3CC3)CC2)C1. The Bertz CT molecular complexity index is 400. The number of amides is 2. The predicted octanol–water partition coefficient (Wildman–Crippen LogP) is 1.02. The van der Waals surface area contributed by atoms with Crippen molar-refractivity contribution in [1.29, 1.82) is 0 Å². The van der Waals surface area contributed by atoms with Crippen molar-refractivity contribution in [3.8, 4) is 0 Å². The van der Waals surface area contributed by atoms with Crippen molar-refractivity contribution >= 4 is 11.8 Å². The Morgan fingerprint density at radius 3 is 2.29 bits per heavy atom. The van der Waals surface area contributed by atoms with Gasteiger partial charge in [0, 0.05) is 37.0 Å². The number of hydrogen-bond donors (Lipinski definition) is 2. The average Bonchev–Trinajstić information content (AvgIpc) is 3.32. The summed E-state index contributed by atoms with van der Waals surface area (Å²) in [5.41, 5.74) is 5.96. The van der Waals surface area contributed by atoms with Gasteiger partial charge < -0.3 is 16.0 Å². The molecule has 1 heterocycles. The van der Waals surface area contributed by atoms with Gasteiger partial charge in [0.2, 0.25) is 11.8 Å². The van der Waals surface area contributed by atoms with Gasteiger partial charge in [-0.15, -0.1) is 0 Å². The predicted molar refractivity (Wildman–Crippen MR) is 80.4 cm³/mol. The third-order valence-corrected chi connectivity index (χ3v) is 5.17. The van der Waals surface area contributed by atoms with Crippen molar-refractivity contribution < 1.29 is 9.59 Å². The molecule has 3 rings (SSSR count). The van der Waals surface area contributed by atoms with Gasteiger partial charge in [0.05, 0.1) is 0 Å². The number of carbonyl (C=O) groups excluding carboxylic acids is 2. The Morgan fingerprint density at radius 1 is 0.952 bits per heavy atom. The highest BCUT2D eigenvalue weighted by Crippen LogP contribution is 2.32. The molecule has 2 aliphatic carbocycles. The number of nitrogens with zero attached hydrogens (tertiary/aromatic N) is 1. The van der Waals surface area contributed by atoms with Crippen LogP contribution in [0.1, 0.15) is 51.4 Å². The Kier molecular flexibility index (Phi) is 4.48. The molecule has 0 aromatic carbocycles. The lowest BCUT2D eigenvalue weighted by Crippen LogP contribution is -2.49. The summed E-state index contributed by atoms with van der Waals surface area (Å²) in [6.45, 7) is 1.59. The molecule has 3 N–H and O–H groups in total. The lowest BCUT2D eigenvalue weighted by Gasteiger charge is -2.34. The molecule has 0 radical (unpaired) electrons. The number of likely N-dealkylation sites (tertiary alicyclic amines) is 1. The van der Waals surface area contributed by atoms with E-state index < -0.39 is 0 Å². The molecule has 1 saturated heterocycles. The molecule has 0 aromatic heterocycles. The van der Waals surface area contributed by atoms with Crippen molar-refractivity contribution in [2.75, 3.05) is 13.1 Å². The van der Waals surface area contributed by atoms with Crippen LogP contribution in [0.3, 0.4) is 0 Å². The molecule has 2 saturated carbocycles. The van der Waals surface area contributed by atoms with Crippen molar-refractivity contribution in [3.63, 3.8) is 0 Å². The second kappa shape index (κ2) is 6.34. The quantitative estimate of drug-likeness (QED) is 0.816. The van der Waals surface area contributed by atoms with Gasteiger partial charge in [-0.2, -0.15) is 0 Å². The van der Waals surface area contributed by atoms with Gasteiger partial charge in [0.25, 0.3) is 0 Å². The first-order valence-electron chi connectivity index (χ1n) is 8.48. The summed E-state index contributed by atoms with van der Waals surface area (Å²) >= 11 is 0. The number of nitrogens with two attached hydrogens (primary N) is 1. The standard InChI is InChI=1S/C16H27N3O2/c17-13-3-1-2-12(10-13)15(20)18-14-6-8-19(9-7-14)16(21)11-4-5-11/h11-14H,1-10,17H2,(H,18,20). The van der Waals surface area contributed by atoms with Crippen LogP contribution >= 0.6 is 0 Å². The first-order valence-corrected chi connectivity index (χ1v) is 8.48. The largest absolute Gasteiger partial charge is 0.353 e. The highest BCUT2D eigenvalue weighted by atomic mass is 16.2. The van der Waals surface area contributed by atoms with Crippen molar-refractivity contribution in [2.24, 2.45) is 17.6 Å². The summed E-state index contributed by atoms with van der Waals surface area (Å²) < 4.78 is 0. The van der Waals surface area contributed by atoms with Gasteiger partial charge in [-0.25, -0.2) is 0 Å². The van der Waals surface area contributed by atoms with E-state index in [4.69, 9.17) is 5.73 Å². The zero-order valence-electron chi connectivity index (χ0n) is 12.7. The normalized spacial score (nSPS) is 31.0. The monoisotopic (exact) mass is 293 g/mol. The zero-order chi connectivity index (χ0) is 14.8. The van der Waals surface area contributed by atoms with Gasteiger partial charge in [-0.05, 0) is 44.9 Å². The van der Waals surface area contributed by atoms with Gasteiger partial charge in [0.1, 0.15) is 0 Å². The molecule has 118 valence electrons. The van der Waals surface area contributed by atoms with Crippen molar-refractivity contribution in [2.45, 2.75) is 63.5 Å². The smallest absolute Gasteiger partial charge is 0.225 e. The lowest BCUT2D eigenvalue weighted by molar-refractivity contribution is -0.133. The van der Waals surface area contributed by atoms with Crippen LogP contribution in [-0.2, 0) is 9.59 Å². The van der Waals surface area contributed by atoms with Crippen LogP contribution in [0.4, 0.5) is 0 Å². The Labute approximate surface area is 126 Å². The highest BCUT2D eigenvalue weighted by molar-refractivity contribution is 5.81. The maximum Gasteiger partial charge on any atom is 0.225 e. The molecule has 0 aromatic rings. The summed E-state index contributed by atoms with van der Waals surface area (Å²) in [6.07, 6.45) is 7.82. The average molecular weight is 293 g/mol. The summed E-state index contributed by atoms with van der Waals surface area (Å²) in [4.78, 5) is 26.3. The molecule has 1 aliphatic heterocycles. The van der Waals surface area contributed by atoms with Crippen LogP contribution in [0.25, 0.3) is 0 Å². The highest BCUT2D eigenvalue weighted by Gasteiger charge is 2.35. The van der Waals surface area contributed by atoms with Gasteiger partial charge in [-0.3, -0.25) is 9.59 Å². The van der Waals surface area contributed by atoms with Crippen LogP contribution in [-0.4, -0.2) is 41.9 Å². The molecule has 2 atom stereocenters.